The second kappa shape index (κ2) is 8.53. The SMILES string of the molecule is CCCCOc1ncc2cc(Cc3ccc(CN4CCCC4)cc3)[nH]c2n1. The van der Waals surface area contributed by atoms with E-state index in [0.29, 0.717) is 12.6 Å². The van der Waals surface area contributed by atoms with Gasteiger partial charge < -0.3 is 9.72 Å². The van der Waals surface area contributed by atoms with Crippen molar-refractivity contribution in [3.05, 3.63) is 53.3 Å². The van der Waals surface area contributed by atoms with E-state index in [1.807, 2.05) is 6.20 Å². The van der Waals surface area contributed by atoms with E-state index in [0.717, 1.165) is 42.5 Å². The van der Waals surface area contributed by atoms with Crippen LogP contribution in [0, 0.1) is 0 Å². The highest BCUT2D eigenvalue weighted by Gasteiger charge is 2.11. The Kier molecular flexibility index (Phi) is 5.68. The molecule has 0 radical (unpaired) electrons. The van der Waals surface area contributed by atoms with Crippen molar-refractivity contribution in [1.82, 2.24) is 19.9 Å². The fraction of sp³-hybridized carbons (Fsp3) is 0.455. The zero-order valence-electron chi connectivity index (χ0n) is 16.1. The molecule has 5 nitrogen and oxygen atoms in total. The lowest BCUT2D eigenvalue weighted by Gasteiger charge is -2.14. The Morgan fingerprint density at radius 3 is 2.67 bits per heavy atom. The number of benzene rings is 1. The Bertz CT molecular complexity index is 866. The molecule has 1 saturated heterocycles. The smallest absolute Gasteiger partial charge is 0.318 e. The molecule has 3 heterocycles. The van der Waals surface area contributed by atoms with Gasteiger partial charge in [0.15, 0.2) is 0 Å². The number of nitrogens with one attached hydrogen (secondary N) is 1. The maximum Gasteiger partial charge on any atom is 0.318 e. The van der Waals surface area contributed by atoms with E-state index in [1.165, 1.54) is 37.1 Å². The molecule has 142 valence electrons. The molecule has 0 bridgehead atoms. The molecule has 1 aliphatic heterocycles. The average Bonchev–Trinajstić information content (AvgIpc) is 3.32. The maximum atomic E-state index is 5.60. The number of aromatic amines is 1. The predicted octanol–water partition coefficient (Wildman–Crippen LogP) is 4.32. The quantitative estimate of drug-likeness (QED) is 0.605. The van der Waals surface area contributed by atoms with Crippen LogP contribution >= 0.6 is 0 Å². The Morgan fingerprint density at radius 1 is 1.11 bits per heavy atom. The number of rotatable bonds is 8. The summed E-state index contributed by atoms with van der Waals surface area (Å²) in [4.78, 5) is 14.7. The largest absolute Gasteiger partial charge is 0.463 e. The number of fused-ring (bicyclic) bond motifs is 1. The number of hydrogen-bond donors (Lipinski definition) is 1. The Labute approximate surface area is 160 Å². The molecule has 0 atom stereocenters. The molecule has 27 heavy (non-hydrogen) atoms. The first-order valence-electron chi connectivity index (χ1n) is 10.1. The first-order valence-corrected chi connectivity index (χ1v) is 10.1. The minimum Gasteiger partial charge on any atom is -0.463 e. The molecule has 0 saturated carbocycles. The van der Waals surface area contributed by atoms with E-state index in [4.69, 9.17) is 4.74 Å². The molecule has 1 fully saturated rings. The van der Waals surface area contributed by atoms with Crippen LogP contribution < -0.4 is 4.74 Å². The van der Waals surface area contributed by atoms with Crippen molar-refractivity contribution in [3.8, 4) is 6.01 Å². The summed E-state index contributed by atoms with van der Waals surface area (Å²) < 4.78 is 5.60. The number of unbranched alkanes of at least 4 members (excludes halogenated alkanes) is 1. The first kappa shape index (κ1) is 18.0. The van der Waals surface area contributed by atoms with Crippen LogP contribution in [0.15, 0.2) is 36.5 Å². The van der Waals surface area contributed by atoms with Crippen molar-refractivity contribution >= 4 is 11.0 Å². The van der Waals surface area contributed by atoms with Gasteiger partial charge in [0.05, 0.1) is 6.61 Å². The van der Waals surface area contributed by atoms with Crippen molar-refractivity contribution in [2.24, 2.45) is 0 Å². The van der Waals surface area contributed by atoms with Gasteiger partial charge in [-0.1, -0.05) is 37.6 Å². The Hall–Kier alpha value is -2.40. The van der Waals surface area contributed by atoms with Crippen LogP contribution in [0.5, 0.6) is 6.01 Å². The molecule has 3 aromatic rings. The third kappa shape index (κ3) is 4.66. The number of aromatic nitrogens is 3. The molecular weight excluding hydrogens is 336 g/mol. The lowest BCUT2D eigenvalue weighted by molar-refractivity contribution is 0.286. The average molecular weight is 364 g/mol. The lowest BCUT2D eigenvalue weighted by Crippen LogP contribution is -2.18. The van der Waals surface area contributed by atoms with Gasteiger partial charge in [0.2, 0.25) is 0 Å². The van der Waals surface area contributed by atoms with Gasteiger partial charge in [0.25, 0.3) is 0 Å². The Balaban J connectivity index is 1.40. The summed E-state index contributed by atoms with van der Waals surface area (Å²) in [6.45, 7) is 6.36. The van der Waals surface area contributed by atoms with E-state index < -0.39 is 0 Å². The van der Waals surface area contributed by atoms with Gasteiger partial charge in [0, 0.05) is 30.2 Å². The monoisotopic (exact) mass is 364 g/mol. The molecule has 0 aliphatic carbocycles. The van der Waals surface area contributed by atoms with Crippen LogP contribution in [0.1, 0.15) is 49.4 Å². The molecule has 0 unspecified atom stereocenters. The minimum absolute atomic E-state index is 0.454. The molecule has 4 rings (SSSR count). The van der Waals surface area contributed by atoms with Crippen molar-refractivity contribution in [1.29, 1.82) is 0 Å². The molecule has 1 aliphatic rings. The van der Waals surface area contributed by atoms with Crippen molar-refractivity contribution in [2.45, 2.75) is 45.6 Å². The second-order valence-electron chi connectivity index (χ2n) is 7.43. The van der Waals surface area contributed by atoms with E-state index in [9.17, 15) is 0 Å². The standard InChI is InChI=1S/C22H28N4O/c1-2-3-12-27-22-23-15-19-14-20(24-21(19)25-22)13-17-6-8-18(9-7-17)16-26-10-4-5-11-26/h6-9,14-15H,2-5,10-13,16H2,1H3,(H,23,24,25). The van der Waals surface area contributed by atoms with Gasteiger partial charge in [-0.05, 0) is 49.5 Å². The zero-order valence-corrected chi connectivity index (χ0v) is 16.1. The fourth-order valence-corrected chi connectivity index (χ4v) is 3.61. The highest BCUT2D eigenvalue weighted by Crippen LogP contribution is 2.19. The van der Waals surface area contributed by atoms with E-state index in [2.05, 4.69) is 57.1 Å². The number of hydrogen-bond acceptors (Lipinski definition) is 4. The maximum absolute atomic E-state index is 5.60. The van der Waals surface area contributed by atoms with Crippen LogP contribution in [0.2, 0.25) is 0 Å². The van der Waals surface area contributed by atoms with Crippen LogP contribution in [-0.2, 0) is 13.0 Å². The van der Waals surface area contributed by atoms with Crippen molar-refractivity contribution in [3.63, 3.8) is 0 Å². The lowest BCUT2D eigenvalue weighted by atomic mass is 10.1. The third-order valence-electron chi connectivity index (χ3n) is 5.16. The van der Waals surface area contributed by atoms with Gasteiger partial charge >= 0.3 is 6.01 Å². The normalized spacial score (nSPS) is 14.9. The van der Waals surface area contributed by atoms with Crippen LogP contribution in [0.3, 0.4) is 0 Å². The zero-order chi connectivity index (χ0) is 18.5. The second-order valence-corrected chi connectivity index (χ2v) is 7.43. The molecule has 5 heteroatoms. The van der Waals surface area contributed by atoms with Crippen molar-refractivity contribution < 1.29 is 4.74 Å². The van der Waals surface area contributed by atoms with Gasteiger partial charge in [-0.3, -0.25) is 4.90 Å². The number of likely N-dealkylation sites (tertiary alicyclic amines) is 1. The molecule has 0 amide bonds. The van der Waals surface area contributed by atoms with Crippen LogP contribution in [-0.4, -0.2) is 39.5 Å². The summed E-state index contributed by atoms with van der Waals surface area (Å²) >= 11 is 0. The Morgan fingerprint density at radius 2 is 1.89 bits per heavy atom. The summed E-state index contributed by atoms with van der Waals surface area (Å²) in [5.74, 6) is 0. The molecule has 2 aromatic heterocycles. The first-order chi connectivity index (χ1) is 13.3. The minimum atomic E-state index is 0.454. The molecule has 0 spiro atoms. The van der Waals surface area contributed by atoms with E-state index >= 15 is 0 Å². The summed E-state index contributed by atoms with van der Waals surface area (Å²) in [5, 5.41) is 1.03. The van der Waals surface area contributed by atoms with Crippen LogP contribution in [0.25, 0.3) is 11.0 Å². The summed E-state index contributed by atoms with van der Waals surface area (Å²) in [5.41, 5.74) is 4.70. The van der Waals surface area contributed by atoms with Gasteiger partial charge in [0.1, 0.15) is 5.65 Å². The van der Waals surface area contributed by atoms with Crippen LogP contribution in [0.4, 0.5) is 0 Å². The summed E-state index contributed by atoms with van der Waals surface area (Å²) in [7, 11) is 0. The highest BCUT2D eigenvalue weighted by atomic mass is 16.5. The van der Waals surface area contributed by atoms with Gasteiger partial charge in [-0.15, -0.1) is 0 Å². The highest BCUT2D eigenvalue weighted by molar-refractivity contribution is 5.75. The molecule has 1 aromatic carbocycles. The van der Waals surface area contributed by atoms with E-state index in [1.54, 1.807) is 0 Å². The number of nitrogens with zero attached hydrogens (tertiary/aromatic N) is 3. The topological polar surface area (TPSA) is 54.0 Å². The summed E-state index contributed by atoms with van der Waals surface area (Å²) in [6, 6.07) is 11.6. The number of H-pyrrole nitrogens is 1. The molecular formula is C22H28N4O. The van der Waals surface area contributed by atoms with Gasteiger partial charge in [-0.2, -0.15) is 4.98 Å². The fourth-order valence-electron chi connectivity index (χ4n) is 3.61. The van der Waals surface area contributed by atoms with E-state index in [-0.39, 0.29) is 0 Å². The van der Waals surface area contributed by atoms with Gasteiger partial charge in [-0.25, -0.2) is 4.98 Å². The summed E-state index contributed by atoms with van der Waals surface area (Å²) in [6.07, 6.45) is 7.51. The third-order valence-corrected chi connectivity index (χ3v) is 5.16. The van der Waals surface area contributed by atoms with Crippen molar-refractivity contribution in [2.75, 3.05) is 19.7 Å². The molecule has 1 N–H and O–H groups in total. The number of ether oxygens (including phenoxy) is 1. The predicted molar refractivity (Wildman–Crippen MR) is 108 cm³/mol.